The molecule has 1 aromatic heterocycles. The van der Waals surface area contributed by atoms with Crippen LogP contribution in [0, 0.1) is 0 Å². The van der Waals surface area contributed by atoms with Crippen LogP contribution in [0.4, 0.5) is 0 Å². The standard InChI is InChI=1S/C17H17N3O2S/c1-22-15-9-7-14(8-10-15)12-23-17-19-18-16(21)20(17)11-13-5-3-2-4-6-13/h2-10H,11-12H2,1H3,(H,18,21). The molecule has 0 atom stereocenters. The molecule has 0 saturated heterocycles. The van der Waals surface area contributed by atoms with Gasteiger partial charge in [-0.25, -0.2) is 9.89 Å². The largest absolute Gasteiger partial charge is 0.497 e. The highest BCUT2D eigenvalue weighted by atomic mass is 32.2. The second-order valence-corrected chi connectivity index (χ2v) is 5.96. The quantitative estimate of drug-likeness (QED) is 0.707. The van der Waals surface area contributed by atoms with Crippen molar-refractivity contribution in [1.29, 1.82) is 0 Å². The lowest BCUT2D eigenvalue weighted by Gasteiger charge is -2.06. The molecule has 2 aromatic carbocycles. The molecule has 1 N–H and O–H groups in total. The summed E-state index contributed by atoms with van der Waals surface area (Å²) < 4.78 is 6.81. The lowest BCUT2D eigenvalue weighted by atomic mass is 10.2. The van der Waals surface area contributed by atoms with Gasteiger partial charge in [0.1, 0.15) is 5.75 Å². The van der Waals surface area contributed by atoms with E-state index in [9.17, 15) is 4.79 Å². The van der Waals surface area contributed by atoms with E-state index in [-0.39, 0.29) is 5.69 Å². The van der Waals surface area contributed by atoms with Crippen molar-refractivity contribution in [2.45, 2.75) is 17.5 Å². The van der Waals surface area contributed by atoms with Gasteiger partial charge in [-0.1, -0.05) is 54.2 Å². The number of nitrogens with zero attached hydrogens (tertiary/aromatic N) is 2. The molecule has 0 amide bonds. The average Bonchev–Trinajstić information content (AvgIpc) is 2.94. The van der Waals surface area contributed by atoms with E-state index in [4.69, 9.17) is 4.74 Å². The Morgan fingerprint density at radius 2 is 1.83 bits per heavy atom. The van der Waals surface area contributed by atoms with Crippen molar-refractivity contribution in [3.63, 3.8) is 0 Å². The molecule has 0 bridgehead atoms. The molecule has 0 aliphatic carbocycles. The van der Waals surface area contributed by atoms with Gasteiger partial charge in [0, 0.05) is 5.75 Å². The molecular weight excluding hydrogens is 310 g/mol. The molecule has 6 heteroatoms. The highest BCUT2D eigenvalue weighted by molar-refractivity contribution is 7.98. The van der Waals surface area contributed by atoms with Crippen LogP contribution >= 0.6 is 11.8 Å². The summed E-state index contributed by atoms with van der Waals surface area (Å²) in [5.41, 5.74) is 2.03. The molecule has 0 saturated carbocycles. The van der Waals surface area contributed by atoms with E-state index >= 15 is 0 Å². The van der Waals surface area contributed by atoms with Crippen LogP contribution < -0.4 is 10.4 Å². The minimum Gasteiger partial charge on any atom is -0.497 e. The Morgan fingerprint density at radius 1 is 1.09 bits per heavy atom. The van der Waals surface area contributed by atoms with Gasteiger partial charge < -0.3 is 4.74 Å². The van der Waals surface area contributed by atoms with Crippen LogP contribution in [0.25, 0.3) is 0 Å². The smallest absolute Gasteiger partial charge is 0.344 e. The molecule has 0 aliphatic heterocycles. The number of hydrogen-bond acceptors (Lipinski definition) is 4. The third-order valence-electron chi connectivity index (χ3n) is 3.43. The minimum absolute atomic E-state index is 0.189. The Hall–Kier alpha value is -2.47. The molecule has 5 nitrogen and oxygen atoms in total. The van der Waals surface area contributed by atoms with E-state index in [1.54, 1.807) is 11.7 Å². The van der Waals surface area contributed by atoms with Crippen molar-refractivity contribution < 1.29 is 4.74 Å². The summed E-state index contributed by atoms with van der Waals surface area (Å²) in [6.45, 7) is 0.515. The summed E-state index contributed by atoms with van der Waals surface area (Å²) in [6, 6.07) is 17.8. The summed E-state index contributed by atoms with van der Waals surface area (Å²) >= 11 is 1.53. The van der Waals surface area contributed by atoms with E-state index in [0.717, 1.165) is 22.6 Å². The fraction of sp³-hybridized carbons (Fsp3) is 0.176. The monoisotopic (exact) mass is 327 g/mol. The Balaban J connectivity index is 1.72. The highest BCUT2D eigenvalue weighted by Crippen LogP contribution is 2.21. The molecule has 23 heavy (non-hydrogen) atoms. The van der Waals surface area contributed by atoms with E-state index in [0.29, 0.717) is 11.7 Å². The first-order valence-corrected chi connectivity index (χ1v) is 8.19. The van der Waals surface area contributed by atoms with E-state index in [1.165, 1.54) is 11.8 Å². The fourth-order valence-corrected chi connectivity index (χ4v) is 3.09. The molecule has 1 heterocycles. The van der Waals surface area contributed by atoms with Crippen LogP contribution in [0.3, 0.4) is 0 Å². The Bertz CT molecular complexity index is 810. The van der Waals surface area contributed by atoms with Gasteiger partial charge in [0.05, 0.1) is 13.7 Å². The Morgan fingerprint density at radius 3 is 2.52 bits per heavy atom. The van der Waals surface area contributed by atoms with Crippen LogP contribution in [0.2, 0.25) is 0 Å². The summed E-state index contributed by atoms with van der Waals surface area (Å²) in [7, 11) is 1.65. The molecule has 0 spiro atoms. The molecule has 0 radical (unpaired) electrons. The zero-order valence-electron chi connectivity index (χ0n) is 12.7. The van der Waals surface area contributed by atoms with Gasteiger partial charge >= 0.3 is 5.69 Å². The number of aromatic nitrogens is 3. The summed E-state index contributed by atoms with van der Waals surface area (Å²) in [4.78, 5) is 12.0. The molecule has 118 valence electrons. The van der Waals surface area contributed by atoms with Crippen molar-refractivity contribution in [2.75, 3.05) is 7.11 Å². The van der Waals surface area contributed by atoms with Gasteiger partial charge in [-0.05, 0) is 23.3 Å². The number of aromatic amines is 1. The predicted octanol–water partition coefficient (Wildman–Crippen LogP) is 2.92. The van der Waals surface area contributed by atoms with Crippen LogP contribution in [-0.4, -0.2) is 21.9 Å². The number of benzene rings is 2. The van der Waals surface area contributed by atoms with E-state index < -0.39 is 0 Å². The highest BCUT2D eigenvalue weighted by Gasteiger charge is 2.09. The maximum atomic E-state index is 12.0. The third-order valence-corrected chi connectivity index (χ3v) is 4.48. The third kappa shape index (κ3) is 3.84. The fourth-order valence-electron chi connectivity index (χ4n) is 2.19. The van der Waals surface area contributed by atoms with Crippen molar-refractivity contribution in [1.82, 2.24) is 14.8 Å². The van der Waals surface area contributed by atoms with Crippen LogP contribution in [0.5, 0.6) is 5.75 Å². The van der Waals surface area contributed by atoms with Crippen molar-refractivity contribution in [3.05, 3.63) is 76.2 Å². The molecule has 3 aromatic rings. The number of ether oxygens (including phenoxy) is 1. The predicted molar refractivity (Wildman–Crippen MR) is 90.9 cm³/mol. The first-order chi connectivity index (χ1) is 11.3. The zero-order chi connectivity index (χ0) is 16.1. The molecule has 0 unspecified atom stereocenters. The number of nitrogens with one attached hydrogen (secondary N) is 1. The second-order valence-electron chi connectivity index (χ2n) is 5.02. The topological polar surface area (TPSA) is 59.9 Å². The Kier molecular flexibility index (Phi) is 4.83. The minimum atomic E-state index is -0.189. The van der Waals surface area contributed by atoms with Crippen molar-refractivity contribution in [3.8, 4) is 5.75 Å². The zero-order valence-corrected chi connectivity index (χ0v) is 13.5. The lowest BCUT2D eigenvalue weighted by molar-refractivity contribution is 0.414. The van der Waals surface area contributed by atoms with Gasteiger partial charge in [0.2, 0.25) is 0 Å². The SMILES string of the molecule is COc1ccc(CSc2n[nH]c(=O)n2Cc2ccccc2)cc1. The summed E-state index contributed by atoms with van der Waals surface area (Å²) in [5, 5.41) is 7.34. The molecular formula is C17H17N3O2S. The van der Waals surface area contributed by atoms with Crippen LogP contribution in [0.1, 0.15) is 11.1 Å². The van der Waals surface area contributed by atoms with Crippen LogP contribution in [-0.2, 0) is 12.3 Å². The van der Waals surface area contributed by atoms with Crippen molar-refractivity contribution >= 4 is 11.8 Å². The number of rotatable bonds is 6. The van der Waals surface area contributed by atoms with Gasteiger partial charge in [-0.2, -0.15) is 0 Å². The van der Waals surface area contributed by atoms with E-state index in [2.05, 4.69) is 10.2 Å². The van der Waals surface area contributed by atoms with Gasteiger partial charge in [0.15, 0.2) is 5.16 Å². The van der Waals surface area contributed by atoms with Gasteiger partial charge in [0.25, 0.3) is 0 Å². The number of methoxy groups -OCH3 is 1. The van der Waals surface area contributed by atoms with Crippen molar-refractivity contribution in [2.24, 2.45) is 0 Å². The normalized spacial score (nSPS) is 10.7. The Labute approximate surface area is 138 Å². The number of thioether (sulfide) groups is 1. The first-order valence-electron chi connectivity index (χ1n) is 7.21. The molecule has 0 aliphatic rings. The van der Waals surface area contributed by atoms with Gasteiger partial charge in [-0.3, -0.25) is 4.57 Å². The van der Waals surface area contributed by atoms with Gasteiger partial charge in [-0.15, -0.1) is 5.10 Å². The molecule has 0 fully saturated rings. The maximum Gasteiger partial charge on any atom is 0.344 e. The number of hydrogen-bond donors (Lipinski definition) is 1. The number of H-pyrrole nitrogens is 1. The maximum absolute atomic E-state index is 12.0. The second kappa shape index (κ2) is 7.19. The average molecular weight is 327 g/mol. The van der Waals surface area contributed by atoms with Crippen LogP contribution in [0.15, 0.2) is 64.5 Å². The van der Waals surface area contributed by atoms with E-state index in [1.807, 2.05) is 54.6 Å². The lowest BCUT2D eigenvalue weighted by Crippen LogP contribution is -2.18. The summed E-state index contributed by atoms with van der Waals surface area (Å²) in [5.74, 6) is 1.57. The summed E-state index contributed by atoms with van der Waals surface area (Å²) in [6.07, 6.45) is 0. The first kappa shape index (κ1) is 15.4. The molecule has 3 rings (SSSR count).